The molecule has 0 aliphatic heterocycles. The number of imidazole rings is 2. The minimum Gasteiger partial charge on any atom is -0.345 e. The van der Waals surface area contributed by atoms with Crippen molar-refractivity contribution < 1.29 is 0 Å². The molecule has 4 nitrogen and oxygen atoms in total. The van der Waals surface area contributed by atoms with Crippen molar-refractivity contribution in [2.24, 2.45) is 7.05 Å². The van der Waals surface area contributed by atoms with Gasteiger partial charge in [0, 0.05) is 43.0 Å². The van der Waals surface area contributed by atoms with Crippen LogP contribution in [0.4, 0.5) is 0 Å². The lowest BCUT2D eigenvalue weighted by Gasteiger charge is -2.07. The first-order chi connectivity index (χ1) is 11.3. The monoisotopic (exact) mass is 300 g/mol. The molecule has 4 aromatic rings. The summed E-state index contributed by atoms with van der Waals surface area (Å²) >= 11 is 0. The van der Waals surface area contributed by atoms with Crippen LogP contribution in [0.25, 0.3) is 33.9 Å². The molecule has 0 saturated carbocycles. The Morgan fingerprint density at radius 3 is 2.30 bits per heavy atom. The van der Waals surface area contributed by atoms with Crippen LogP contribution in [0.2, 0.25) is 0 Å². The Balaban J connectivity index is 1.70. The summed E-state index contributed by atoms with van der Waals surface area (Å²) in [7, 11) is 2.01. The Hall–Kier alpha value is -3.14. The number of aromatic nitrogens is 4. The number of aromatic amines is 1. The van der Waals surface area contributed by atoms with Crippen molar-refractivity contribution in [1.82, 2.24) is 19.5 Å². The van der Waals surface area contributed by atoms with E-state index in [1.165, 1.54) is 11.1 Å². The number of hydrogen-bond acceptors (Lipinski definition) is 2. The molecule has 0 saturated heterocycles. The average molecular weight is 300 g/mol. The molecule has 0 amide bonds. The molecule has 0 aliphatic rings. The fraction of sp³-hybridized carbons (Fsp3) is 0.0526. The third-order valence-corrected chi connectivity index (χ3v) is 3.93. The van der Waals surface area contributed by atoms with Gasteiger partial charge in [0.05, 0.1) is 0 Å². The smallest absolute Gasteiger partial charge is 0.139 e. The van der Waals surface area contributed by atoms with Gasteiger partial charge in [-0.15, -0.1) is 0 Å². The lowest BCUT2D eigenvalue weighted by atomic mass is 10.0. The SMILES string of the molecule is Cn1ccnc1-c1cccc(-c2ccc(-c3ncc[nH]3)cc2)c1. The molecule has 2 heterocycles. The molecule has 2 aromatic heterocycles. The van der Waals surface area contributed by atoms with Crippen molar-refractivity contribution >= 4 is 0 Å². The summed E-state index contributed by atoms with van der Waals surface area (Å²) in [5.74, 6) is 1.86. The Bertz CT molecular complexity index is 918. The molecule has 0 spiro atoms. The van der Waals surface area contributed by atoms with Gasteiger partial charge in [0.2, 0.25) is 0 Å². The van der Waals surface area contributed by atoms with E-state index in [-0.39, 0.29) is 0 Å². The molecule has 0 unspecified atom stereocenters. The van der Waals surface area contributed by atoms with Crippen molar-refractivity contribution in [3.8, 4) is 33.9 Å². The predicted molar refractivity (Wildman–Crippen MR) is 91.7 cm³/mol. The Kier molecular flexibility index (Phi) is 3.27. The van der Waals surface area contributed by atoms with E-state index in [1.807, 2.05) is 30.2 Å². The van der Waals surface area contributed by atoms with E-state index in [1.54, 1.807) is 6.20 Å². The van der Waals surface area contributed by atoms with Gasteiger partial charge in [-0.25, -0.2) is 9.97 Å². The quantitative estimate of drug-likeness (QED) is 0.618. The van der Waals surface area contributed by atoms with Gasteiger partial charge in [-0.2, -0.15) is 0 Å². The average Bonchev–Trinajstić information content (AvgIpc) is 3.27. The van der Waals surface area contributed by atoms with Crippen LogP contribution in [-0.2, 0) is 7.05 Å². The normalized spacial score (nSPS) is 10.8. The van der Waals surface area contributed by atoms with Crippen LogP contribution in [0.15, 0.2) is 73.3 Å². The minimum atomic E-state index is 0.887. The summed E-state index contributed by atoms with van der Waals surface area (Å²) in [6.45, 7) is 0. The second kappa shape index (κ2) is 5.57. The maximum absolute atomic E-state index is 4.42. The zero-order chi connectivity index (χ0) is 15.6. The highest BCUT2D eigenvalue weighted by atomic mass is 15.0. The van der Waals surface area contributed by atoms with Crippen molar-refractivity contribution in [3.63, 3.8) is 0 Å². The highest BCUT2D eigenvalue weighted by Gasteiger charge is 2.06. The maximum Gasteiger partial charge on any atom is 0.139 e. The van der Waals surface area contributed by atoms with Crippen LogP contribution >= 0.6 is 0 Å². The van der Waals surface area contributed by atoms with E-state index in [0.717, 1.165) is 22.8 Å². The van der Waals surface area contributed by atoms with Gasteiger partial charge in [-0.1, -0.05) is 42.5 Å². The van der Waals surface area contributed by atoms with Crippen LogP contribution in [0.5, 0.6) is 0 Å². The standard InChI is InChI=1S/C19H16N4/c1-23-12-11-22-19(23)17-4-2-3-16(13-17)14-5-7-15(8-6-14)18-20-9-10-21-18/h2-13H,1H3,(H,20,21). The van der Waals surface area contributed by atoms with Gasteiger partial charge in [0.1, 0.15) is 11.6 Å². The minimum absolute atomic E-state index is 0.887. The molecule has 0 radical (unpaired) electrons. The Labute approximate surface area is 134 Å². The van der Waals surface area contributed by atoms with Gasteiger partial charge in [0.25, 0.3) is 0 Å². The van der Waals surface area contributed by atoms with Crippen LogP contribution in [0.1, 0.15) is 0 Å². The largest absolute Gasteiger partial charge is 0.345 e. The Morgan fingerprint density at radius 2 is 1.61 bits per heavy atom. The van der Waals surface area contributed by atoms with Crippen LogP contribution in [-0.4, -0.2) is 19.5 Å². The molecule has 4 rings (SSSR count). The van der Waals surface area contributed by atoms with Gasteiger partial charge in [0.15, 0.2) is 0 Å². The summed E-state index contributed by atoms with van der Waals surface area (Å²) in [5.41, 5.74) is 4.55. The second-order valence-electron chi connectivity index (χ2n) is 5.46. The van der Waals surface area contributed by atoms with E-state index in [2.05, 4.69) is 63.5 Å². The van der Waals surface area contributed by atoms with E-state index in [4.69, 9.17) is 0 Å². The number of nitrogens with zero attached hydrogens (tertiary/aromatic N) is 3. The van der Waals surface area contributed by atoms with Gasteiger partial charge in [-0.3, -0.25) is 0 Å². The van der Waals surface area contributed by atoms with Crippen molar-refractivity contribution in [3.05, 3.63) is 73.3 Å². The van der Waals surface area contributed by atoms with Crippen molar-refractivity contribution in [2.45, 2.75) is 0 Å². The topological polar surface area (TPSA) is 46.5 Å². The summed E-state index contributed by atoms with van der Waals surface area (Å²) in [5, 5.41) is 0. The molecule has 0 fully saturated rings. The zero-order valence-electron chi connectivity index (χ0n) is 12.8. The molecule has 4 heteroatoms. The number of benzene rings is 2. The summed E-state index contributed by atoms with van der Waals surface area (Å²) in [6, 6.07) is 16.9. The highest BCUT2D eigenvalue weighted by Crippen LogP contribution is 2.27. The molecular weight excluding hydrogens is 284 g/mol. The Morgan fingerprint density at radius 1 is 0.826 bits per heavy atom. The first kappa shape index (κ1) is 13.5. The van der Waals surface area contributed by atoms with Gasteiger partial charge in [-0.05, 0) is 17.2 Å². The lowest BCUT2D eigenvalue weighted by Crippen LogP contribution is -1.91. The lowest BCUT2D eigenvalue weighted by molar-refractivity contribution is 0.925. The second-order valence-corrected chi connectivity index (χ2v) is 5.46. The molecule has 0 bridgehead atoms. The van der Waals surface area contributed by atoms with E-state index >= 15 is 0 Å². The summed E-state index contributed by atoms with van der Waals surface area (Å²) in [4.78, 5) is 11.8. The number of H-pyrrole nitrogens is 1. The first-order valence-electron chi connectivity index (χ1n) is 7.49. The van der Waals surface area contributed by atoms with Gasteiger partial charge < -0.3 is 9.55 Å². The van der Waals surface area contributed by atoms with Crippen LogP contribution in [0, 0.1) is 0 Å². The number of nitrogens with one attached hydrogen (secondary N) is 1. The van der Waals surface area contributed by atoms with Crippen LogP contribution < -0.4 is 0 Å². The third-order valence-electron chi connectivity index (χ3n) is 3.93. The number of aryl methyl sites for hydroxylation is 1. The fourth-order valence-electron chi connectivity index (χ4n) is 2.73. The molecule has 2 aromatic carbocycles. The van der Waals surface area contributed by atoms with Crippen LogP contribution in [0.3, 0.4) is 0 Å². The summed E-state index contributed by atoms with van der Waals surface area (Å²) in [6.07, 6.45) is 7.37. The predicted octanol–water partition coefficient (Wildman–Crippen LogP) is 4.14. The number of hydrogen-bond donors (Lipinski definition) is 1. The van der Waals surface area contributed by atoms with Gasteiger partial charge >= 0.3 is 0 Å². The third kappa shape index (κ3) is 2.55. The molecule has 112 valence electrons. The fourth-order valence-corrected chi connectivity index (χ4v) is 2.73. The zero-order valence-corrected chi connectivity index (χ0v) is 12.8. The molecule has 23 heavy (non-hydrogen) atoms. The van der Waals surface area contributed by atoms with Crippen molar-refractivity contribution in [2.75, 3.05) is 0 Å². The molecule has 0 aliphatic carbocycles. The van der Waals surface area contributed by atoms with E-state index in [0.29, 0.717) is 0 Å². The first-order valence-corrected chi connectivity index (χ1v) is 7.49. The molecule has 0 atom stereocenters. The van der Waals surface area contributed by atoms with Crippen molar-refractivity contribution in [1.29, 1.82) is 0 Å². The maximum atomic E-state index is 4.42. The molecule has 1 N–H and O–H groups in total. The van der Waals surface area contributed by atoms with E-state index in [9.17, 15) is 0 Å². The highest BCUT2D eigenvalue weighted by molar-refractivity contribution is 5.72. The summed E-state index contributed by atoms with van der Waals surface area (Å²) < 4.78 is 2.03. The number of rotatable bonds is 3. The molecular formula is C19H16N4. The van der Waals surface area contributed by atoms with E-state index < -0.39 is 0 Å².